The van der Waals surface area contributed by atoms with Crippen LogP contribution in [-0.2, 0) is 0 Å². The highest BCUT2D eigenvalue weighted by atomic mass is 79.9. The van der Waals surface area contributed by atoms with E-state index in [1.165, 1.54) is 0 Å². The standard InChI is InChI=1S/C10H10BrNO2/c11-6-1-4-9(12-7-2-3-7)8(5-6)10(13)14/h1,4-5,7,12H,2-3H2,(H,13,14). The maximum absolute atomic E-state index is 10.9. The average molecular weight is 256 g/mol. The Labute approximate surface area is 90.3 Å². The molecule has 0 aromatic heterocycles. The number of hydrogen-bond acceptors (Lipinski definition) is 2. The molecule has 2 N–H and O–H groups in total. The number of rotatable bonds is 3. The van der Waals surface area contributed by atoms with Crippen molar-refractivity contribution in [2.24, 2.45) is 0 Å². The van der Waals surface area contributed by atoms with Crippen molar-refractivity contribution in [2.45, 2.75) is 18.9 Å². The molecule has 1 aliphatic rings. The summed E-state index contributed by atoms with van der Waals surface area (Å²) in [6, 6.07) is 5.73. The zero-order valence-electron chi connectivity index (χ0n) is 7.46. The van der Waals surface area contributed by atoms with Crippen LogP contribution in [0.4, 0.5) is 5.69 Å². The molecule has 0 saturated heterocycles. The fourth-order valence-corrected chi connectivity index (χ4v) is 1.63. The third kappa shape index (κ3) is 2.07. The average Bonchev–Trinajstić information content (AvgIpc) is 2.91. The molecule has 0 amide bonds. The molecule has 1 aliphatic carbocycles. The Morgan fingerprint density at radius 3 is 2.79 bits per heavy atom. The molecule has 0 heterocycles. The third-order valence-corrected chi connectivity index (χ3v) is 2.64. The molecule has 1 aromatic carbocycles. The quantitative estimate of drug-likeness (QED) is 0.874. The van der Waals surface area contributed by atoms with E-state index in [0.717, 1.165) is 17.3 Å². The zero-order chi connectivity index (χ0) is 10.1. The van der Waals surface area contributed by atoms with Gasteiger partial charge in [0.2, 0.25) is 0 Å². The van der Waals surface area contributed by atoms with Crippen LogP contribution in [0.2, 0.25) is 0 Å². The van der Waals surface area contributed by atoms with Gasteiger partial charge < -0.3 is 10.4 Å². The van der Waals surface area contributed by atoms with Gasteiger partial charge in [0, 0.05) is 16.2 Å². The van der Waals surface area contributed by atoms with Crippen molar-refractivity contribution in [2.75, 3.05) is 5.32 Å². The van der Waals surface area contributed by atoms with Gasteiger partial charge in [-0.05, 0) is 31.0 Å². The molecular weight excluding hydrogens is 246 g/mol. The van der Waals surface area contributed by atoms with Crippen molar-refractivity contribution in [1.29, 1.82) is 0 Å². The largest absolute Gasteiger partial charge is 0.478 e. The highest BCUT2D eigenvalue weighted by molar-refractivity contribution is 9.10. The van der Waals surface area contributed by atoms with Crippen molar-refractivity contribution >= 4 is 27.6 Å². The maximum atomic E-state index is 10.9. The van der Waals surface area contributed by atoms with Crippen molar-refractivity contribution < 1.29 is 9.90 Å². The molecule has 0 aliphatic heterocycles. The fourth-order valence-electron chi connectivity index (χ4n) is 1.27. The number of carboxylic acid groups (broad SMARTS) is 1. The molecule has 1 aromatic rings. The van der Waals surface area contributed by atoms with E-state index in [1.54, 1.807) is 12.1 Å². The van der Waals surface area contributed by atoms with Gasteiger partial charge in [-0.3, -0.25) is 0 Å². The molecule has 1 saturated carbocycles. The molecule has 14 heavy (non-hydrogen) atoms. The van der Waals surface area contributed by atoms with Crippen molar-refractivity contribution in [3.05, 3.63) is 28.2 Å². The second-order valence-corrected chi connectivity index (χ2v) is 4.33. The van der Waals surface area contributed by atoms with E-state index < -0.39 is 5.97 Å². The minimum absolute atomic E-state index is 0.325. The molecule has 0 radical (unpaired) electrons. The van der Waals surface area contributed by atoms with Gasteiger partial charge in [-0.25, -0.2) is 4.79 Å². The van der Waals surface area contributed by atoms with E-state index in [9.17, 15) is 4.79 Å². The fraction of sp³-hybridized carbons (Fsp3) is 0.300. The number of hydrogen-bond donors (Lipinski definition) is 2. The Morgan fingerprint density at radius 2 is 2.21 bits per heavy atom. The van der Waals surface area contributed by atoms with E-state index in [2.05, 4.69) is 21.2 Å². The predicted octanol–water partition coefficient (Wildman–Crippen LogP) is 2.72. The number of anilines is 1. The van der Waals surface area contributed by atoms with Crippen LogP contribution >= 0.6 is 15.9 Å². The minimum Gasteiger partial charge on any atom is -0.478 e. The number of benzene rings is 1. The van der Waals surface area contributed by atoms with Crippen LogP contribution in [0.15, 0.2) is 22.7 Å². The molecule has 4 heteroatoms. The van der Waals surface area contributed by atoms with Gasteiger partial charge in [-0.15, -0.1) is 0 Å². The van der Waals surface area contributed by atoms with Crippen LogP contribution in [0.1, 0.15) is 23.2 Å². The van der Waals surface area contributed by atoms with Gasteiger partial charge in [0.25, 0.3) is 0 Å². The van der Waals surface area contributed by atoms with Crippen LogP contribution in [0.25, 0.3) is 0 Å². The summed E-state index contributed by atoms with van der Waals surface area (Å²) in [5.41, 5.74) is 1.04. The number of halogens is 1. The van der Waals surface area contributed by atoms with Crippen LogP contribution in [0.5, 0.6) is 0 Å². The van der Waals surface area contributed by atoms with E-state index in [-0.39, 0.29) is 0 Å². The number of carbonyl (C=O) groups is 1. The van der Waals surface area contributed by atoms with Crippen LogP contribution in [-0.4, -0.2) is 17.1 Å². The first-order valence-electron chi connectivity index (χ1n) is 4.46. The summed E-state index contributed by atoms with van der Waals surface area (Å²) < 4.78 is 0.788. The first kappa shape index (κ1) is 9.52. The Kier molecular flexibility index (Phi) is 2.46. The lowest BCUT2D eigenvalue weighted by molar-refractivity contribution is 0.0698. The molecular formula is C10H10BrNO2. The summed E-state index contributed by atoms with van der Waals surface area (Å²) in [6.45, 7) is 0. The highest BCUT2D eigenvalue weighted by Gasteiger charge is 2.23. The summed E-state index contributed by atoms with van der Waals surface area (Å²) in [5.74, 6) is -0.894. The third-order valence-electron chi connectivity index (χ3n) is 2.15. The second kappa shape index (κ2) is 3.61. The summed E-state index contributed by atoms with van der Waals surface area (Å²) in [6.07, 6.45) is 2.27. The molecule has 0 spiro atoms. The summed E-state index contributed by atoms with van der Waals surface area (Å²) >= 11 is 3.26. The Morgan fingerprint density at radius 1 is 1.50 bits per heavy atom. The molecule has 2 rings (SSSR count). The molecule has 0 atom stereocenters. The van der Waals surface area contributed by atoms with E-state index in [0.29, 0.717) is 17.3 Å². The summed E-state index contributed by atoms with van der Waals surface area (Å²) in [4.78, 5) is 10.9. The van der Waals surface area contributed by atoms with Crippen LogP contribution in [0.3, 0.4) is 0 Å². The second-order valence-electron chi connectivity index (χ2n) is 3.41. The first-order valence-corrected chi connectivity index (χ1v) is 5.25. The molecule has 0 unspecified atom stereocenters. The zero-order valence-corrected chi connectivity index (χ0v) is 9.04. The van der Waals surface area contributed by atoms with Crippen molar-refractivity contribution in [3.8, 4) is 0 Å². The first-order chi connectivity index (χ1) is 6.66. The Balaban J connectivity index is 2.31. The van der Waals surface area contributed by atoms with Gasteiger partial charge >= 0.3 is 5.97 Å². The normalized spacial score (nSPS) is 15.2. The van der Waals surface area contributed by atoms with Crippen LogP contribution < -0.4 is 5.32 Å². The molecule has 1 fully saturated rings. The predicted molar refractivity (Wildman–Crippen MR) is 57.7 cm³/mol. The van der Waals surface area contributed by atoms with E-state index in [4.69, 9.17) is 5.11 Å². The number of aromatic carboxylic acids is 1. The van der Waals surface area contributed by atoms with Crippen molar-refractivity contribution in [1.82, 2.24) is 0 Å². The van der Waals surface area contributed by atoms with Crippen LogP contribution in [0, 0.1) is 0 Å². The smallest absolute Gasteiger partial charge is 0.337 e. The van der Waals surface area contributed by atoms with Gasteiger partial charge in [0.1, 0.15) is 0 Å². The number of carboxylic acids is 1. The highest BCUT2D eigenvalue weighted by Crippen LogP contribution is 2.28. The minimum atomic E-state index is -0.894. The molecule has 0 bridgehead atoms. The number of nitrogens with one attached hydrogen (secondary N) is 1. The van der Waals surface area contributed by atoms with Gasteiger partial charge in [0.15, 0.2) is 0 Å². The lowest BCUT2D eigenvalue weighted by Gasteiger charge is -2.08. The van der Waals surface area contributed by atoms with Crippen molar-refractivity contribution in [3.63, 3.8) is 0 Å². The maximum Gasteiger partial charge on any atom is 0.337 e. The summed E-state index contributed by atoms with van der Waals surface area (Å²) in [7, 11) is 0. The molecule has 74 valence electrons. The Hall–Kier alpha value is -1.03. The van der Waals surface area contributed by atoms with E-state index >= 15 is 0 Å². The summed E-state index contributed by atoms with van der Waals surface area (Å²) in [5, 5.41) is 12.2. The topological polar surface area (TPSA) is 49.3 Å². The molecule has 3 nitrogen and oxygen atoms in total. The lowest BCUT2D eigenvalue weighted by Crippen LogP contribution is -2.07. The monoisotopic (exact) mass is 255 g/mol. The SMILES string of the molecule is O=C(O)c1cc(Br)ccc1NC1CC1. The Bertz CT molecular complexity index is 374. The van der Waals surface area contributed by atoms with Gasteiger partial charge in [0.05, 0.1) is 5.56 Å². The van der Waals surface area contributed by atoms with Gasteiger partial charge in [-0.1, -0.05) is 15.9 Å². The van der Waals surface area contributed by atoms with Gasteiger partial charge in [-0.2, -0.15) is 0 Å². The van der Waals surface area contributed by atoms with E-state index in [1.807, 2.05) is 6.07 Å². The lowest BCUT2D eigenvalue weighted by atomic mass is 10.2.